The number of fused-ring (bicyclic) bond motifs is 1. The van der Waals surface area contributed by atoms with Crippen molar-refractivity contribution >= 4 is 17.5 Å². The van der Waals surface area contributed by atoms with E-state index in [-0.39, 0.29) is 24.4 Å². The molecule has 2 amide bonds. The van der Waals surface area contributed by atoms with Gasteiger partial charge in [-0.1, -0.05) is 24.6 Å². The maximum atomic E-state index is 12.3. The minimum Gasteiger partial charge on any atom is -0.346 e. The fourth-order valence-corrected chi connectivity index (χ4v) is 3.05. The number of rotatable bonds is 3. The van der Waals surface area contributed by atoms with Crippen molar-refractivity contribution in [3.63, 3.8) is 0 Å². The number of amides is 2. The van der Waals surface area contributed by atoms with Crippen LogP contribution in [0.15, 0.2) is 24.3 Å². The van der Waals surface area contributed by atoms with Crippen LogP contribution in [-0.4, -0.2) is 37.5 Å². The van der Waals surface area contributed by atoms with Crippen molar-refractivity contribution in [2.24, 2.45) is 0 Å². The highest BCUT2D eigenvalue weighted by Gasteiger charge is 2.25. The van der Waals surface area contributed by atoms with Gasteiger partial charge in [0.2, 0.25) is 11.8 Å². The second-order valence-corrected chi connectivity index (χ2v) is 5.64. The van der Waals surface area contributed by atoms with Crippen LogP contribution in [0, 0.1) is 0 Å². The quantitative estimate of drug-likeness (QED) is 0.866. The van der Waals surface area contributed by atoms with Gasteiger partial charge in [-0.3, -0.25) is 9.59 Å². The van der Waals surface area contributed by atoms with Gasteiger partial charge < -0.3 is 15.5 Å². The molecule has 2 heterocycles. The Bertz CT molecular complexity index is 538. The van der Waals surface area contributed by atoms with Crippen molar-refractivity contribution in [1.82, 2.24) is 10.6 Å². The molecule has 0 aliphatic carbocycles. The summed E-state index contributed by atoms with van der Waals surface area (Å²) < 4.78 is 0. The van der Waals surface area contributed by atoms with Crippen LogP contribution in [0.3, 0.4) is 0 Å². The highest BCUT2D eigenvalue weighted by atomic mass is 16.2. The Kier molecular flexibility index (Phi) is 4.20. The van der Waals surface area contributed by atoms with E-state index in [1.54, 1.807) is 4.90 Å². The van der Waals surface area contributed by atoms with Crippen molar-refractivity contribution in [3.05, 3.63) is 29.8 Å². The molecule has 112 valence electrons. The fourth-order valence-electron chi connectivity index (χ4n) is 3.05. The standard InChI is InChI=1S/C16H21N3O2/c20-15(11-18-16(21)13-6-3-4-9-17-13)19-10-8-12-5-1-2-7-14(12)19/h1-2,5,7,13,17H,3-4,6,8-11H2,(H,18,21). The lowest BCUT2D eigenvalue weighted by atomic mass is 10.0. The molecular formula is C16H21N3O2. The van der Waals surface area contributed by atoms with Gasteiger partial charge in [0.25, 0.3) is 0 Å². The van der Waals surface area contributed by atoms with Crippen LogP contribution in [0.4, 0.5) is 5.69 Å². The van der Waals surface area contributed by atoms with E-state index in [4.69, 9.17) is 0 Å². The first-order valence-electron chi connectivity index (χ1n) is 7.65. The first-order valence-corrected chi connectivity index (χ1v) is 7.65. The Morgan fingerprint density at radius 3 is 2.95 bits per heavy atom. The highest BCUT2D eigenvalue weighted by molar-refractivity contribution is 5.98. The topological polar surface area (TPSA) is 61.4 Å². The molecule has 2 aliphatic rings. The lowest BCUT2D eigenvalue weighted by Crippen LogP contribution is -2.49. The van der Waals surface area contributed by atoms with E-state index < -0.39 is 0 Å². The van der Waals surface area contributed by atoms with Crippen LogP contribution in [0.5, 0.6) is 0 Å². The molecule has 3 rings (SSSR count). The molecule has 0 spiro atoms. The summed E-state index contributed by atoms with van der Waals surface area (Å²) in [6.45, 7) is 1.66. The minimum absolute atomic E-state index is 0.0379. The molecule has 0 saturated carbocycles. The normalized spacial score (nSPS) is 21.0. The molecule has 5 nitrogen and oxygen atoms in total. The highest BCUT2D eigenvalue weighted by Crippen LogP contribution is 2.27. The van der Waals surface area contributed by atoms with Crippen LogP contribution >= 0.6 is 0 Å². The molecule has 5 heteroatoms. The minimum atomic E-state index is -0.141. The fraction of sp³-hybridized carbons (Fsp3) is 0.500. The van der Waals surface area contributed by atoms with E-state index in [0.717, 1.165) is 37.9 Å². The number of benzene rings is 1. The Labute approximate surface area is 124 Å². The molecule has 21 heavy (non-hydrogen) atoms. The van der Waals surface area contributed by atoms with E-state index in [0.29, 0.717) is 6.54 Å². The Balaban J connectivity index is 1.54. The largest absolute Gasteiger partial charge is 0.346 e. The monoisotopic (exact) mass is 287 g/mol. The van der Waals surface area contributed by atoms with Gasteiger partial charge in [0.05, 0.1) is 12.6 Å². The maximum absolute atomic E-state index is 12.3. The van der Waals surface area contributed by atoms with Crippen LogP contribution in [0.2, 0.25) is 0 Å². The molecule has 1 fully saturated rings. The molecule has 1 unspecified atom stereocenters. The van der Waals surface area contributed by atoms with E-state index >= 15 is 0 Å². The molecule has 1 saturated heterocycles. The number of nitrogens with one attached hydrogen (secondary N) is 2. The van der Waals surface area contributed by atoms with Gasteiger partial charge in [-0.15, -0.1) is 0 Å². The van der Waals surface area contributed by atoms with Crippen LogP contribution in [0.25, 0.3) is 0 Å². The zero-order valence-electron chi connectivity index (χ0n) is 12.1. The number of hydrogen-bond acceptors (Lipinski definition) is 3. The van der Waals surface area contributed by atoms with E-state index in [9.17, 15) is 9.59 Å². The summed E-state index contributed by atoms with van der Waals surface area (Å²) in [5.41, 5.74) is 2.18. The molecule has 2 N–H and O–H groups in total. The number of anilines is 1. The summed E-state index contributed by atoms with van der Waals surface area (Å²) in [7, 11) is 0. The Morgan fingerprint density at radius 1 is 1.29 bits per heavy atom. The number of carbonyl (C=O) groups excluding carboxylic acids is 2. The van der Waals surface area contributed by atoms with Gasteiger partial charge in [0.1, 0.15) is 0 Å². The van der Waals surface area contributed by atoms with E-state index in [2.05, 4.69) is 10.6 Å². The smallest absolute Gasteiger partial charge is 0.246 e. The zero-order chi connectivity index (χ0) is 14.7. The average Bonchev–Trinajstić information content (AvgIpc) is 2.97. The Hall–Kier alpha value is -1.88. The third-order valence-electron chi connectivity index (χ3n) is 4.23. The van der Waals surface area contributed by atoms with Crippen LogP contribution in [-0.2, 0) is 16.0 Å². The summed E-state index contributed by atoms with van der Waals surface area (Å²) in [6.07, 6.45) is 3.93. The summed E-state index contributed by atoms with van der Waals surface area (Å²) in [5.74, 6) is -0.0976. The van der Waals surface area contributed by atoms with Gasteiger partial charge >= 0.3 is 0 Å². The molecule has 0 bridgehead atoms. The van der Waals surface area contributed by atoms with Gasteiger partial charge in [-0.25, -0.2) is 0 Å². The van der Waals surface area contributed by atoms with E-state index in [1.165, 1.54) is 5.56 Å². The predicted octanol–water partition coefficient (Wildman–Crippen LogP) is 0.834. The van der Waals surface area contributed by atoms with Crippen molar-refractivity contribution < 1.29 is 9.59 Å². The van der Waals surface area contributed by atoms with Crippen LogP contribution < -0.4 is 15.5 Å². The third-order valence-corrected chi connectivity index (χ3v) is 4.23. The number of nitrogens with zero attached hydrogens (tertiary/aromatic N) is 1. The lowest BCUT2D eigenvalue weighted by molar-refractivity contribution is -0.126. The maximum Gasteiger partial charge on any atom is 0.246 e. The second-order valence-electron chi connectivity index (χ2n) is 5.64. The van der Waals surface area contributed by atoms with Crippen molar-refractivity contribution in [3.8, 4) is 0 Å². The molecule has 1 aromatic rings. The summed E-state index contributed by atoms with van der Waals surface area (Å²) in [5, 5.41) is 5.96. The molecule has 0 radical (unpaired) electrons. The predicted molar refractivity (Wildman–Crippen MR) is 81.2 cm³/mol. The lowest BCUT2D eigenvalue weighted by Gasteiger charge is -2.23. The molecule has 1 atom stereocenters. The third kappa shape index (κ3) is 3.08. The average molecular weight is 287 g/mol. The SMILES string of the molecule is O=C(NCC(=O)N1CCc2ccccc21)C1CCCCN1. The first kappa shape index (κ1) is 14.1. The summed E-state index contributed by atoms with van der Waals surface area (Å²) in [4.78, 5) is 26.1. The number of piperidine rings is 1. The summed E-state index contributed by atoms with van der Waals surface area (Å²) >= 11 is 0. The van der Waals surface area contributed by atoms with Crippen molar-refractivity contribution in [1.29, 1.82) is 0 Å². The van der Waals surface area contributed by atoms with E-state index in [1.807, 2.05) is 24.3 Å². The van der Waals surface area contributed by atoms with Gasteiger partial charge in [0.15, 0.2) is 0 Å². The number of para-hydroxylation sites is 1. The van der Waals surface area contributed by atoms with Crippen molar-refractivity contribution in [2.75, 3.05) is 24.5 Å². The summed E-state index contributed by atoms with van der Waals surface area (Å²) in [6, 6.07) is 7.80. The van der Waals surface area contributed by atoms with Gasteiger partial charge in [0, 0.05) is 12.2 Å². The molecule has 2 aliphatic heterocycles. The molecule has 0 aromatic heterocycles. The number of carbonyl (C=O) groups is 2. The van der Waals surface area contributed by atoms with Crippen molar-refractivity contribution in [2.45, 2.75) is 31.7 Å². The molecule has 1 aromatic carbocycles. The Morgan fingerprint density at radius 2 is 2.14 bits per heavy atom. The number of hydrogen-bond donors (Lipinski definition) is 2. The van der Waals surface area contributed by atoms with Gasteiger partial charge in [-0.2, -0.15) is 0 Å². The van der Waals surface area contributed by atoms with Crippen LogP contribution in [0.1, 0.15) is 24.8 Å². The molecular weight excluding hydrogens is 266 g/mol. The first-order chi connectivity index (χ1) is 10.3. The second kappa shape index (κ2) is 6.26. The van der Waals surface area contributed by atoms with Gasteiger partial charge in [-0.05, 0) is 37.4 Å². The zero-order valence-corrected chi connectivity index (χ0v) is 12.1.